The van der Waals surface area contributed by atoms with Crippen molar-refractivity contribution in [3.8, 4) is 0 Å². The number of benzene rings is 3. The van der Waals surface area contributed by atoms with E-state index >= 15 is 0 Å². The molecule has 0 spiro atoms. The fourth-order valence-electron chi connectivity index (χ4n) is 7.09. The summed E-state index contributed by atoms with van der Waals surface area (Å²) in [6, 6.07) is 23.3. The summed E-state index contributed by atoms with van der Waals surface area (Å²) in [4.78, 5) is 24.6. The first-order valence-corrected chi connectivity index (χ1v) is 19.8. The molecule has 1 aliphatic heterocycles. The van der Waals surface area contributed by atoms with Crippen molar-refractivity contribution in [1.82, 2.24) is 14.9 Å². The van der Waals surface area contributed by atoms with Gasteiger partial charge in [0.05, 0.1) is 36.0 Å². The Bertz CT molecular complexity index is 1610. The van der Waals surface area contributed by atoms with Crippen LogP contribution in [0.15, 0.2) is 79.0 Å². The number of hydrogen-bond donors (Lipinski definition) is 2. The van der Waals surface area contributed by atoms with Gasteiger partial charge in [-0.25, -0.2) is 4.98 Å². The third-order valence-corrected chi connectivity index (χ3v) is 10.3. The summed E-state index contributed by atoms with van der Waals surface area (Å²) in [5.74, 6) is -0.193. The summed E-state index contributed by atoms with van der Waals surface area (Å²) in [7, 11) is 0. The Kier molecular flexibility index (Phi) is 16.1. The number of fused-ring (bicyclic) bond motifs is 1. The molecule has 4 aromatic rings. The van der Waals surface area contributed by atoms with Crippen molar-refractivity contribution < 1.29 is 19.4 Å². The topological polar surface area (TPSA) is 96.8 Å². The highest BCUT2D eigenvalue weighted by Gasteiger charge is 2.39. The Morgan fingerprint density at radius 1 is 0.750 bits per heavy atom. The molecule has 2 heterocycles. The second kappa shape index (κ2) is 21.1. The Hall–Kier alpha value is -3.69. The molecular weight excluding hydrogens is 649 g/mol. The lowest BCUT2D eigenvalue weighted by atomic mass is 9.90. The zero-order chi connectivity index (χ0) is 36.5. The van der Waals surface area contributed by atoms with Crippen molar-refractivity contribution in [1.29, 1.82) is 0 Å². The van der Waals surface area contributed by atoms with Crippen LogP contribution in [0.25, 0.3) is 11.0 Å². The van der Waals surface area contributed by atoms with Gasteiger partial charge < -0.3 is 24.8 Å². The van der Waals surface area contributed by atoms with Crippen molar-refractivity contribution in [2.45, 2.75) is 123 Å². The Morgan fingerprint density at radius 3 is 1.98 bits per heavy atom. The fourth-order valence-corrected chi connectivity index (χ4v) is 7.09. The number of rotatable bonds is 21. The predicted molar refractivity (Wildman–Crippen MR) is 210 cm³/mol. The number of amides is 1. The van der Waals surface area contributed by atoms with Gasteiger partial charge in [0, 0.05) is 23.7 Å². The second-order valence-electron chi connectivity index (χ2n) is 14.5. The third kappa shape index (κ3) is 11.7. The number of nitrogens with one attached hydrogen (secondary N) is 1. The normalized spacial score (nSPS) is 18.9. The summed E-state index contributed by atoms with van der Waals surface area (Å²) in [6.45, 7) is 9.83. The van der Waals surface area contributed by atoms with Crippen LogP contribution in [0.1, 0.15) is 137 Å². The van der Waals surface area contributed by atoms with Crippen LogP contribution in [0.5, 0.6) is 0 Å². The largest absolute Gasteiger partial charge is 0.392 e. The van der Waals surface area contributed by atoms with Crippen molar-refractivity contribution in [2.24, 2.45) is 5.92 Å². The SMILES string of the molecule is CCCCCCCCN(CCCCCCCC)CC1OC(c2ccc(NC(=O)c3cnc4ccccc4n3)cc2)OC(c2ccc(CO)cc2)C1C. The van der Waals surface area contributed by atoms with E-state index in [4.69, 9.17) is 9.47 Å². The van der Waals surface area contributed by atoms with E-state index in [2.05, 4.69) is 53.1 Å². The molecule has 280 valence electrons. The molecule has 1 fully saturated rings. The maximum Gasteiger partial charge on any atom is 0.275 e. The number of unbranched alkanes of at least 4 members (excludes halogenated alkanes) is 10. The molecule has 4 atom stereocenters. The van der Waals surface area contributed by atoms with Crippen molar-refractivity contribution in [2.75, 3.05) is 25.0 Å². The van der Waals surface area contributed by atoms with Gasteiger partial charge in [-0.3, -0.25) is 9.78 Å². The number of hydrogen-bond acceptors (Lipinski definition) is 7. The van der Waals surface area contributed by atoms with Crippen LogP contribution in [-0.2, 0) is 16.1 Å². The lowest BCUT2D eigenvalue weighted by Crippen LogP contribution is -2.45. The number of nitrogens with zero attached hydrogens (tertiary/aromatic N) is 3. The first-order chi connectivity index (χ1) is 25.5. The number of aliphatic hydroxyl groups is 1. The number of ether oxygens (including phenoxy) is 2. The average Bonchev–Trinajstić information content (AvgIpc) is 3.18. The van der Waals surface area contributed by atoms with E-state index in [1.54, 1.807) is 0 Å². The monoisotopic (exact) mass is 708 g/mol. The molecule has 8 heteroatoms. The minimum Gasteiger partial charge on any atom is -0.392 e. The van der Waals surface area contributed by atoms with E-state index in [1.165, 1.54) is 83.2 Å². The van der Waals surface area contributed by atoms with Crippen molar-refractivity contribution in [3.63, 3.8) is 0 Å². The van der Waals surface area contributed by atoms with Gasteiger partial charge in [-0.2, -0.15) is 0 Å². The van der Waals surface area contributed by atoms with Gasteiger partial charge in [-0.1, -0.05) is 134 Å². The first-order valence-electron chi connectivity index (χ1n) is 19.8. The zero-order valence-corrected chi connectivity index (χ0v) is 31.6. The third-order valence-electron chi connectivity index (χ3n) is 10.3. The molecular formula is C44H60N4O4. The summed E-state index contributed by atoms with van der Waals surface area (Å²) < 4.78 is 13.6. The molecule has 3 aromatic carbocycles. The number of para-hydroxylation sites is 2. The predicted octanol–water partition coefficient (Wildman–Crippen LogP) is 10.2. The maximum absolute atomic E-state index is 13.1. The molecule has 1 aliphatic rings. The molecule has 4 unspecified atom stereocenters. The molecule has 5 rings (SSSR count). The molecule has 0 bridgehead atoms. The number of anilines is 1. The molecule has 0 saturated carbocycles. The molecule has 0 radical (unpaired) electrons. The van der Waals surface area contributed by atoms with E-state index in [9.17, 15) is 9.90 Å². The van der Waals surface area contributed by atoms with E-state index in [0.29, 0.717) is 11.2 Å². The highest BCUT2D eigenvalue weighted by molar-refractivity contribution is 6.03. The standard InChI is InChI=1S/C44H60N4O4/c1-4-6-8-10-12-16-28-48(29-17-13-11-9-7-5-2)31-41-33(3)42(35-22-20-34(32-49)21-23-35)52-44(51-41)36-24-26-37(27-25-36)46-43(50)40-30-45-38-18-14-15-19-39(38)47-40/h14-15,18-27,30,33,41-42,44,49H,4-13,16-17,28-29,31-32H2,1-3H3,(H,46,50). The molecule has 1 aromatic heterocycles. The number of carbonyl (C=O) groups is 1. The maximum atomic E-state index is 13.1. The van der Waals surface area contributed by atoms with E-state index < -0.39 is 6.29 Å². The molecule has 1 amide bonds. The van der Waals surface area contributed by atoms with Crippen LogP contribution in [0.2, 0.25) is 0 Å². The molecule has 8 nitrogen and oxygen atoms in total. The van der Waals surface area contributed by atoms with Crippen LogP contribution < -0.4 is 5.32 Å². The smallest absolute Gasteiger partial charge is 0.275 e. The van der Waals surface area contributed by atoms with Crippen molar-refractivity contribution >= 4 is 22.6 Å². The van der Waals surface area contributed by atoms with Gasteiger partial charge in [0.2, 0.25) is 0 Å². The van der Waals surface area contributed by atoms with Crippen LogP contribution in [0.4, 0.5) is 5.69 Å². The van der Waals surface area contributed by atoms with Gasteiger partial charge in [-0.05, 0) is 61.3 Å². The summed E-state index contributed by atoms with van der Waals surface area (Å²) in [6.07, 6.45) is 16.2. The molecule has 0 aliphatic carbocycles. The second-order valence-corrected chi connectivity index (χ2v) is 14.5. The number of aliphatic hydroxyl groups excluding tert-OH is 1. The fraction of sp³-hybridized carbons (Fsp3) is 0.523. The highest BCUT2D eigenvalue weighted by Crippen LogP contribution is 2.42. The molecule has 2 N–H and O–H groups in total. The van der Waals surface area contributed by atoms with Gasteiger partial charge in [0.1, 0.15) is 5.69 Å². The minimum absolute atomic E-state index is 0.0118. The van der Waals surface area contributed by atoms with Gasteiger partial charge in [-0.15, -0.1) is 0 Å². The zero-order valence-electron chi connectivity index (χ0n) is 31.6. The minimum atomic E-state index is -0.565. The summed E-state index contributed by atoms with van der Waals surface area (Å²) >= 11 is 0. The van der Waals surface area contributed by atoms with Gasteiger partial charge in [0.15, 0.2) is 6.29 Å². The lowest BCUT2D eigenvalue weighted by Gasteiger charge is -2.43. The van der Waals surface area contributed by atoms with Crippen LogP contribution >= 0.6 is 0 Å². The van der Waals surface area contributed by atoms with E-state index in [0.717, 1.165) is 41.8 Å². The number of aromatic nitrogens is 2. The van der Waals surface area contributed by atoms with Crippen LogP contribution in [0, 0.1) is 5.92 Å². The van der Waals surface area contributed by atoms with Crippen molar-refractivity contribution in [3.05, 3.63) is 101 Å². The quantitative estimate of drug-likeness (QED) is 0.0832. The number of carbonyl (C=O) groups excluding carboxylic acids is 1. The van der Waals surface area contributed by atoms with Gasteiger partial charge >= 0.3 is 0 Å². The Morgan fingerprint density at radius 2 is 1.35 bits per heavy atom. The van der Waals surface area contributed by atoms with Gasteiger partial charge in [0.25, 0.3) is 5.91 Å². The lowest BCUT2D eigenvalue weighted by molar-refractivity contribution is -0.276. The first kappa shape index (κ1) is 39.5. The molecule has 52 heavy (non-hydrogen) atoms. The summed E-state index contributed by atoms with van der Waals surface area (Å²) in [5, 5.41) is 12.6. The van der Waals surface area contributed by atoms with E-state index in [1.807, 2.05) is 60.7 Å². The Balaban J connectivity index is 1.29. The molecule has 1 saturated heterocycles. The Labute approximate surface area is 311 Å². The van der Waals surface area contributed by atoms with Crippen LogP contribution in [-0.4, -0.2) is 51.6 Å². The van der Waals surface area contributed by atoms with E-state index in [-0.39, 0.29) is 36.3 Å². The average molecular weight is 709 g/mol. The highest BCUT2D eigenvalue weighted by atomic mass is 16.7. The summed E-state index contributed by atoms with van der Waals surface area (Å²) in [5.41, 5.74) is 5.22. The van der Waals surface area contributed by atoms with Crippen LogP contribution in [0.3, 0.4) is 0 Å².